The zero-order valence-corrected chi connectivity index (χ0v) is 16.6. The van der Waals surface area contributed by atoms with Gasteiger partial charge < -0.3 is 5.32 Å². The Labute approximate surface area is 171 Å². The molecule has 3 N–H and O–H groups in total. The van der Waals surface area contributed by atoms with Crippen LogP contribution in [0, 0.1) is 6.92 Å². The Hall–Kier alpha value is -3.44. The first kappa shape index (κ1) is 20.3. The standard InChI is InChI=1S/C24H25N3O2/c1-17-13-15-20(16-14-17)21(18-9-5-3-6-10-18)26-22(19-11-7-4-8-12-19)23(28)27-24(29)25-2/h3-16,21-22,26H,1-2H3,(H2,25,27,28,29)/t21-,22+/m0/s1. The van der Waals surface area contributed by atoms with Crippen LogP contribution in [0.1, 0.15) is 34.3 Å². The Bertz CT molecular complexity index is 941. The first-order valence-corrected chi connectivity index (χ1v) is 9.53. The predicted octanol–water partition coefficient (Wildman–Crippen LogP) is 3.87. The van der Waals surface area contributed by atoms with Gasteiger partial charge >= 0.3 is 6.03 Å². The molecule has 0 aromatic heterocycles. The van der Waals surface area contributed by atoms with Crippen LogP contribution in [0.25, 0.3) is 0 Å². The van der Waals surface area contributed by atoms with Gasteiger partial charge in [0.05, 0.1) is 6.04 Å². The number of nitrogens with one attached hydrogen (secondary N) is 3. The molecule has 0 aliphatic heterocycles. The molecule has 3 amide bonds. The van der Waals surface area contributed by atoms with Gasteiger partial charge in [-0.3, -0.25) is 15.4 Å². The summed E-state index contributed by atoms with van der Waals surface area (Å²) >= 11 is 0. The van der Waals surface area contributed by atoms with Crippen LogP contribution in [0.4, 0.5) is 4.79 Å². The van der Waals surface area contributed by atoms with Crippen LogP contribution in [0.15, 0.2) is 84.9 Å². The third kappa shape index (κ3) is 5.30. The number of rotatable bonds is 6. The molecule has 0 spiro atoms. The predicted molar refractivity (Wildman–Crippen MR) is 114 cm³/mol. The Morgan fingerprint density at radius 3 is 1.79 bits per heavy atom. The van der Waals surface area contributed by atoms with Gasteiger partial charge in [0, 0.05) is 7.05 Å². The molecule has 0 heterocycles. The van der Waals surface area contributed by atoms with E-state index in [9.17, 15) is 9.59 Å². The van der Waals surface area contributed by atoms with Crippen molar-refractivity contribution in [2.45, 2.75) is 19.0 Å². The van der Waals surface area contributed by atoms with Gasteiger partial charge in [0.25, 0.3) is 0 Å². The van der Waals surface area contributed by atoms with E-state index >= 15 is 0 Å². The van der Waals surface area contributed by atoms with E-state index in [1.807, 2.05) is 67.6 Å². The van der Waals surface area contributed by atoms with E-state index < -0.39 is 18.0 Å². The lowest BCUT2D eigenvalue weighted by Gasteiger charge is -2.26. The average molecular weight is 387 g/mol. The molecule has 0 saturated carbocycles. The summed E-state index contributed by atoms with van der Waals surface area (Å²) in [4.78, 5) is 24.7. The molecular formula is C24H25N3O2. The second kappa shape index (κ2) is 9.66. The molecule has 29 heavy (non-hydrogen) atoms. The maximum atomic E-state index is 12.9. The number of hydrogen-bond acceptors (Lipinski definition) is 3. The van der Waals surface area contributed by atoms with Crippen LogP contribution in [0.2, 0.25) is 0 Å². The molecule has 3 aromatic rings. The van der Waals surface area contributed by atoms with Crippen LogP contribution >= 0.6 is 0 Å². The highest BCUT2D eigenvalue weighted by molar-refractivity contribution is 5.97. The highest BCUT2D eigenvalue weighted by atomic mass is 16.2. The lowest BCUT2D eigenvalue weighted by molar-refractivity contribution is -0.122. The van der Waals surface area contributed by atoms with E-state index in [1.54, 1.807) is 0 Å². The van der Waals surface area contributed by atoms with Crippen LogP contribution in [-0.2, 0) is 4.79 Å². The van der Waals surface area contributed by atoms with Crippen molar-refractivity contribution < 1.29 is 9.59 Å². The number of aryl methyl sites for hydroxylation is 1. The molecule has 0 bridgehead atoms. The topological polar surface area (TPSA) is 70.2 Å². The summed E-state index contributed by atoms with van der Waals surface area (Å²) in [5.41, 5.74) is 4.01. The average Bonchev–Trinajstić information content (AvgIpc) is 2.76. The highest BCUT2D eigenvalue weighted by Crippen LogP contribution is 2.26. The molecular weight excluding hydrogens is 362 g/mol. The number of urea groups is 1. The zero-order chi connectivity index (χ0) is 20.6. The smallest absolute Gasteiger partial charge is 0.321 e. The maximum Gasteiger partial charge on any atom is 0.321 e. The lowest BCUT2D eigenvalue weighted by atomic mass is 9.95. The molecule has 0 aliphatic rings. The maximum absolute atomic E-state index is 12.9. The first-order chi connectivity index (χ1) is 14.1. The summed E-state index contributed by atoms with van der Waals surface area (Å²) in [7, 11) is 1.48. The van der Waals surface area contributed by atoms with E-state index in [2.05, 4.69) is 40.2 Å². The monoisotopic (exact) mass is 387 g/mol. The minimum Gasteiger partial charge on any atom is -0.341 e. The van der Waals surface area contributed by atoms with E-state index in [0.29, 0.717) is 0 Å². The van der Waals surface area contributed by atoms with Gasteiger partial charge in [-0.2, -0.15) is 0 Å². The molecule has 0 aliphatic carbocycles. The molecule has 0 fully saturated rings. The third-order valence-electron chi connectivity index (χ3n) is 4.74. The van der Waals surface area contributed by atoms with Crippen molar-refractivity contribution in [3.05, 3.63) is 107 Å². The molecule has 0 saturated heterocycles. The van der Waals surface area contributed by atoms with Crippen molar-refractivity contribution >= 4 is 11.9 Å². The molecule has 5 heteroatoms. The molecule has 5 nitrogen and oxygen atoms in total. The number of imide groups is 1. The van der Waals surface area contributed by atoms with Gasteiger partial charge in [-0.15, -0.1) is 0 Å². The SMILES string of the molecule is CNC(=O)NC(=O)[C@H](N[C@@H](c1ccccc1)c1ccc(C)cc1)c1ccccc1. The van der Waals surface area contributed by atoms with Crippen molar-refractivity contribution in [1.82, 2.24) is 16.0 Å². The highest BCUT2D eigenvalue weighted by Gasteiger charge is 2.26. The van der Waals surface area contributed by atoms with Crippen molar-refractivity contribution in [1.29, 1.82) is 0 Å². The van der Waals surface area contributed by atoms with Crippen molar-refractivity contribution in [2.75, 3.05) is 7.05 Å². The number of benzene rings is 3. The number of carbonyl (C=O) groups is 2. The zero-order valence-electron chi connectivity index (χ0n) is 16.6. The molecule has 0 radical (unpaired) electrons. The van der Waals surface area contributed by atoms with Crippen LogP contribution in [-0.4, -0.2) is 19.0 Å². The fourth-order valence-corrected chi connectivity index (χ4v) is 3.17. The minimum atomic E-state index is -0.708. The van der Waals surface area contributed by atoms with Crippen molar-refractivity contribution in [3.8, 4) is 0 Å². The Kier molecular flexibility index (Phi) is 6.76. The van der Waals surface area contributed by atoms with E-state index in [4.69, 9.17) is 0 Å². The number of amides is 3. The van der Waals surface area contributed by atoms with E-state index in [0.717, 1.165) is 22.3 Å². The minimum absolute atomic E-state index is 0.225. The Balaban J connectivity index is 1.99. The van der Waals surface area contributed by atoms with Crippen molar-refractivity contribution in [2.24, 2.45) is 0 Å². The van der Waals surface area contributed by atoms with E-state index in [1.165, 1.54) is 7.05 Å². The molecule has 148 valence electrons. The van der Waals surface area contributed by atoms with Gasteiger partial charge in [0.1, 0.15) is 6.04 Å². The van der Waals surface area contributed by atoms with Gasteiger partial charge in [-0.25, -0.2) is 4.79 Å². The van der Waals surface area contributed by atoms with Gasteiger partial charge in [0.2, 0.25) is 5.91 Å². The summed E-state index contributed by atoms with van der Waals surface area (Å²) in [6, 6.07) is 26.1. The fraction of sp³-hybridized carbons (Fsp3) is 0.167. The largest absolute Gasteiger partial charge is 0.341 e. The summed E-state index contributed by atoms with van der Waals surface area (Å²) in [6.07, 6.45) is 0. The number of carbonyl (C=O) groups excluding carboxylic acids is 2. The summed E-state index contributed by atoms with van der Waals surface area (Å²) in [5.74, 6) is -0.413. The van der Waals surface area contributed by atoms with Gasteiger partial charge in [-0.05, 0) is 23.6 Å². The Morgan fingerprint density at radius 1 is 0.724 bits per heavy atom. The van der Waals surface area contributed by atoms with Crippen molar-refractivity contribution in [3.63, 3.8) is 0 Å². The quantitative estimate of drug-likeness (QED) is 0.601. The third-order valence-corrected chi connectivity index (χ3v) is 4.74. The normalized spacial score (nSPS) is 12.6. The summed E-state index contributed by atoms with van der Waals surface area (Å²) < 4.78 is 0. The molecule has 3 rings (SSSR count). The molecule has 2 atom stereocenters. The summed E-state index contributed by atoms with van der Waals surface area (Å²) in [6.45, 7) is 2.04. The number of hydrogen-bond donors (Lipinski definition) is 3. The second-order valence-electron chi connectivity index (χ2n) is 6.83. The fourth-order valence-electron chi connectivity index (χ4n) is 3.17. The lowest BCUT2D eigenvalue weighted by Crippen LogP contribution is -2.45. The van der Waals surface area contributed by atoms with Gasteiger partial charge in [-0.1, -0.05) is 90.5 Å². The van der Waals surface area contributed by atoms with Gasteiger partial charge in [0.15, 0.2) is 0 Å². The molecule has 3 aromatic carbocycles. The first-order valence-electron chi connectivity index (χ1n) is 9.53. The summed E-state index contributed by atoms with van der Waals surface area (Å²) in [5, 5.41) is 8.28. The van der Waals surface area contributed by atoms with Crippen LogP contribution in [0.5, 0.6) is 0 Å². The second-order valence-corrected chi connectivity index (χ2v) is 6.83. The Morgan fingerprint density at radius 2 is 1.24 bits per heavy atom. The van der Waals surface area contributed by atoms with E-state index in [-0.39, 0.29) is 6.04 Å². The van der Waals surface area contributed by atoms with Crippen LogP contribution in [0.3, 0.4) is 0 Å². The van der Waals surface area contributed by atoms with Crippen LogP contribution < -0.4 is 16.0 Å². The molecule has 0 unspecified atom stereocenters.